The molecule has 2 aliphatic rings. The third kappa shape index (κ3) is 3.22. The summed E-state index contributed by atoms with van der Waals surface area (Å²) in [4.78, 5) is 11.9. The summed E-state index contributed by atoms with van der Waals surface area (Å²) in [5.41, 5.74) is 6.44. The number of hydrogen-bond donors (Lipinski definition) is 3. The van der Waals surface area contributed by atoms with Gasteiger partial charge in [0.1, 0.15) is 11.4 Å². The van der Waals surface area contributed by atoms with E-state index < -0.39 is 18.8 Å². The molecule has 1 fully saturated rings. The number of nitrogens with two attached hydrogens (primary N) is 1. The van der Waals surface area contributed by atoms with E-state index in [1.165, 1.54) is 23.0 Å². The van der Waals surface area contributed by atoms with Crippen LogP contribution in [0, 0.1) is 23.1 Å². The summed E-state index contributed by atoms with van der Waals surface area (Å²) in [6, 6.07) is 4.63. The van der Waals surface area contributed by atoms with Gasteiger partial charge in [0.15, 0.2) is 5.82 Å². The Kier molecular flexibility index (Phi) is 4.76. The number of aromatic nitrogens is 2. The van der Waals surface area contributed by atoms with Crippen LogP contribution in [0.1, 0.15) is 28.4 Å². The zero-order valence-electron chi connectivity index (χ0n) is 14.8. The summed E-state index contributed by atoms with van der Waals surface area (Å²) < 4.78 is 26.2. The minimum absolute atomic E-state index is 0.0129. The fourth-order valence-electron chi connectivity index (χ4n) is 3.46. The Morgan fingerprint density at radius 2 is 2.36 bits per heavy atom. The van der Waals surface area contributed by atoms with Crippen molar-refractivity contribution in [3.63, 3.8) is 0 Å². The molecule has 1 aromatic carbocycles. The number of rotatable bonds is 4. The topological polar surface area (TPSA) is 135 Å². The number of fused-ring (bicyclic) bond motifs is 1. The first kappa shape index (κ1) is 18.4. The molecule has 0 unspecified atom stereocenters. The van der Waals surface area contributed by atoms with E-state index in [1.807, 2.05) is 0 Å². The Morgan fingerprint density at radius 1 is 1.54 bits per heavy atom. The lowest BCUT2D eigenvalue weighted by Gasteiger charge is -2.26. The summed E-state index contributed by atoms with van der Waals surface area (Å²) >= 11 is 0. The van der Waals surface area contributed by atoms with E-state index in [9.17, 15) is 19.5 Å². The van der Waals surface area contributed by atoms with E-state index in [4.69, 9.17) is 15.1 Å². The predicted molar refractivity (Wildman–Crippen MR) is 96.4 cm³/mol. The van der Waals surface area contributed by atoms with Crippen molar-refractivity contribution in [3.05, 3.63) is 35.3 Å². The third-order valence-corrected chi connectivity index (χ3v) is 4.97. The molecule has 28 heavy (non-hydrogen) atoms. The number of nitrogens with zero attached hydrogens (tertiary/aromatic N) is 3. The normalized spacial score (nSPS) is 21.2. The van der Waals surface area contributed by atoms with Gasteiger partial charge in [0, 0.05) is 24.1 Å². The summed E-state index contributed by atoms with van der Waals surface area (Å²) in [5.74, 6) is -1.44. The molecule has 4 rings (SSSR count). The smallest absolute Gasteiger partial charge is 0.423 e. The van der Waals surface area contributed by atoms with Gasteiger partial charge in [-0.25, -0.2) is 4.39 Å². The van der Waals surface area contributed by atoms with Crippen LogP contribution in [0.15, 0.2) is 18.3 Å². The molecular formula is C17H17BFN5O4. The van der Waals surface area contributed by atoms with E-state index >= 15 is 0 Å². The van der Waals surface area contributed by atoms with Gasteiger partial charge in [-0.2, -0.15) is 10.4 Å². The van der Waals surface area contributed by atoms with Crippen molar-refractivity contribution in [1.82, 2.24) is 9.78 Å². The summed E-state index contributed by atoms with van der Waals surface area (Å²) in [7, 11) is -1.21. The number of anilines is 2. The van der Waals surface area contributed by atoms with Crippen LogP contribution in [0.4, 0.5) is 15.9 Å². The lowest BCUT2D eigenvalue weighted by atomic mass is 9.79. The van der Waals surface area contributed by atoms with Crippen LogP contribution < -0.4 is 16.5 Å². The first-order valence-electron chi connectivity index (χ1n) is 8.73. The Balaban J connectivity index is 1.68. The monoisotopic (exact) mass is 385 g/mol. The van der Waals surface area contributed by atoms with Crippen LogP contribution in [-0.4, -0.2) is 41.0 Å². The molecule has 2 atom stereocenters. The number of primary amides is 1. The molecular weight excluding hydrogens is 368 g/mol. The standard InChI is InChI=1S/C17H17BFN5O4/c19-14-4-10(3-13-12(14)7-28-18(13)26)22-17-11(16(21)25)6-24(23-17)15-8-27-2-1-9(15)5-20/h3-4,6,9,15,26H,1-2,7-8H2,(H2,21,25)(H,22,23)/t9-,15+/m1/s1. The highest BCUT2D eigenvalue weighted by atomic mass is 19.1. The molecule has 144 valence electrons. The Labute approximate surface area is 160 Å². The third-order valence-electron chi connectivity index (χ3n) is 4.97. The lowest BCUT2D eigenvalue weighted by molar-refractivity contribution is 0.0342. The fourth-order valence-corrected chi connectivity index (χ4v) is 3.46. The summed E-state index contributed by atoms with van der Waals surface area (Å²) in [5, 5.41) is 26.4. The van der Waals surface area contributed by atoms with Gasteiger partial charge in [0.2, 0.25) is 0 Å². The average Bonchev–Trinajstić information content (AvgIpc) is 3.26. The van der Waals surface area contributed by atoms with Crippen molar-refractivity contribution in [3.8, 4) is 6.07 Å². The van der Waals surface area contributed by atoms with Crippen LogP contribution in [0.3, 0.4) is 0 Å². The Morgan fingerprint density at radius 3 is 3.11 bits per heavy atom. The number of carbonyl (C=O) groups excluding carboxylic acids is 1. The fraction of sp³-hybridized carbons (Fsp3) is 0.353. The molecule has 2 aromatic rings. The number of nitriles is 1. The molecule has 1 aromatic heterocycles. The van der Waals surface area contributed by atoms with Crippen LogP contribution in [0.25, 0.3) is 0 Å². The van der Waals surface area contributed by atoms with Gasteiger partial charge >= 0.3 is 7.12 Å². The molecule has 1 saturated heterocycles. The second kappa shape index (κ2) is 7.24. The van der Waals surface area contributed by atoms with Crippen LogP contribution in [0.5, 0.6) is 0 Å². The van der Waals surface area contributed by atoms with Crippen LogP contribution in [0.2, 0.25) is 0 Å². The minimum atomic E-state index is -1.21. The Bertz CT molecular complexity index is 975. The van der Waals surface area contributed by atoms with Gasteiger partial charge in [-0.1, -0.05) is 0 Å². The maximum Gasteiger partial charge on any atom is 0.491 e. The first-order chi connectivity index (χ1) is 13.5. The number of hydrogen-bond acceptors (Lipinski definition) is 7. The molecule has 3 heterocycles. The highest BCUT2D eigenvalue weighted by Gasteiger charge is 2.32. The zero-order valence-corrected chi connectivity index (χ0v) is 14.8. The highest BCUT2D eigenvalue weighted by molar-refractivity contribution is 6.61. The maximum absolute atomic E-state index is 14.3. The molecule has 0 bridgehead atoms. The van der Waals surface area contributed by atoms with E-state index in [1.54, 1.807) is 0 Å². The van der Waals surface area contributed by atoms with Gasteiger partial charge in [0.25, 0.3) is 5.91 Å². The number of benzene rings is 1. The molecule has 0 spiro atoms. The summed E-state index contributed by atoms with van der Waals surface area (Å²) in [6.45, 7) is 0.762. The summed E-state index contributed by atoms with van der Waals surface area (Å²) in [6.07, 6.45) is 2.01. The second-order valence-electron chi connectivity index (χ2n) is 6.72. The molecule has 0 aliphatic carbocycles. The van der Waals surface area contributed by atoms with Crippen molar-refractivity contribution in [2.45, 2.75) is 19.1 Å². The van der Waals surface area contributed by atoms with Crippen LogP contribution in [-0.2, 0) is 16.0 Å². The molecule has 4 N–H and O–H groups in total. The molecule has 0 radical (unpaired) electrons. The minimum Gasteiger partial charge on any atom is -0.423 e. The largest absolute Gasteiger partial charge is 0.491 e. The van der Waals surface area contributed by atoms with Gasteiger partial charge in [-0.3, -0.25) is 9.48 Å². The molecule has 9 nitrogen and oxygen atoms in total. The number of ether oxygens (including phenoxy) is 1. The van der Waals surface area contributed by atoms with Crippen molar-refractivity contribution >= 4 is 30.0 Å². The van der Waals surface area contributed by atoms with Crippen molar-refractivity contribution in [1.29, 1.82) is 5.26 Å². The number of amides is 1. The van der Waals surface area contributed by atoms with Crippen molar-refractivity contribution in [2.75, 3.05) is 18.5 Å². The number of halogens is 1. The SMILES string of the molecule is N#C[C@H]1CCOC[C@@H]1n1cc(C(N)=O)c(Nc2cc(F)c3c(c2)B(O)OC3)n1. The number of nitrogens with one attached hydrogen (secondary N) is 1. The van der Waals surface area contributed by atoms with Gasteiger partial charge < -0.3 is 25.5 Å². The van der Waals surface area contributed by atoms with Gasteiger partial charge in [-0.15, -0.1) is 0 Å². The van der Waals surface area contributed by atoms with Gasteiger partial charge in [-0.05, 0) is 24.0 Å². The number of carbonyl (C=O) groups is 1. The van der Waals surface area contributed by atoms with Crippen molar-refractivity contribution in [2.24, 2.45) is 11.7 Å². The van der Waals surface area contributed by atoms with E-state index in [0.717, 1.165) is 0 Å². The van der Waals surface area contributed by atoms with Crippen LogP contribution >= 0.6 is 0 Å². The van der Waals surface area contributed by atoms with Crippen molar-refractivity contribution < 1.29 is 23.6 Å². The molecule has 2 aliphatic heterocycles. The molecule has 1 amide bonds. The average molecular weight is 385 g/mol. The predicted octanol–water partition coefficient (Wildman–Crippen LogP) is 0.184. The van der Waals surface area contributed by atoms with E-state index in [0.29, 0.717) is 18.5 Å². The quantitative estimate of drug-likeness (QED) is 0.639. The molecule has 0 saturated carbocycles. The van der Waals surface area contributed by atoms with E-state index in [-0.39, 0.29) is 47.8 Å². The van der Waals surface area contributed by atoms with E-state index in [2.05, 4.69) is 16.5 Å². The first-order valence-corrected chi connectivity index (χ1v) is 8.73. The zero-order chi connectivity index (χ0) is 19.8. The second-order valence-corrected chi connectivity index (χ2v) is 6.72. The highest BCUT2D eigenvalue weighted by Crippen LogP contribution is 2.29. The Hall–Kier alpha value is -2.94. The maximum atomic E-state index is 14.3. The molecule has 11 heteroatoms. The van der Waals surface area contributed by atoms with Gasteiger partial charge in [0.05, 0.1) is 31.2 Å². The lowest BCUT2D eigenvalue weighted by Crippen LogP contribution is -2.29.